The van der Waals surface area contributed by atoms with E-state index in [1.165, 1.54) is 31.4 Å². The Bertz CT molecular complexity index is 477. The zero-order valence-electron chi connectivity index (χ0n) is 11.4. The van der Waals surface area contributed by atoms with Crippen LogP contribution in [0.4, 0.5) is 11.4 Å². The number of nitro groups is 1. The summed E-state index contributed by atoms with van der Waals surface area (Å²) in [6.45, 7) is 2.22. The van der Waals surface area contributed by atoms with Crippen molar-refractivity contribution in [3.05, 3.63) is 32.3 Å². The van der Waals surface area contributed by atoms with E-state index in [0.29, 0.717) is 21.8 Å². The molecular weight excluding hydrogens is 299 g/mol. The lowest BCUT2D eigenvalue weighted by Crippen LogP contribution is -2.26. The van der Waals surface area contributed by atoms with Crippen LogP contribution >= 0.6 is 23.2 Å². The van der Waals surface area contributed by atoms with Crippen molar-refractivity contribution in [2.24, 2.45) is 5.92 Å². The fourth-order valence-electron chi connectivity index (χ4n) is 2.72. The molecule has 1 saturated carbocycles. The number of benzene rings is 1. The maximum Gasteiger partial charge on any atom is 0.272 e. The number of rotatable bonds is 4. The summed E-state index contributed by atoms with van der Waals surface area (Å²) < 4.78 is 0. The molecule has 1 aliphatic carbocycles. The van der Waals surface area contributed by atoms with Gasteiger partial charge < -0.3 is 5.32 Å². The van der Waals surface area contributed by atoms with Gasteiger partial charge in [-0.3, -0.25) is 10.1 Å². The lowest BCUT2D eigenvalue weighted by molar-refractivity contribution is -0.384. The van der Waals surface area contributed by atoms with Crippen LogP contribution < -0.4 is 5.32 Å². The zero-order valence-corrected chi connectivity index (χ0v) is 12.9. The quantitative estimate of drug-likeness (QED) is 0.607. The third-order valence-corrected chi connectivity index (χ3v) is 4.61. The van der Waals surface area contributed by atoms with E-state index in [1.807, 2.05) is 0 Å². The van der Waals surface area contributed by atoms with Crippen LogP contribution in [0.3, 0.4) is 0 Å². The van der Waals surface area contributed by atoms with Crippen molar-refractivity contribution in [3.8, 4) is 0 Å². The van der Waals surface area contributed by atoms with Crippen LogP contribution in [0.15, 0.2) is 12.1 Å². The number of halogens is 2. The highest BCUT2D eigenvalue weighted by atomic mass is 35.5. The number of anilines is 1. The largest absolute Gasteiger partial charge is 0.380 e. The van der Waals surface area contributed by atoms with Crippen LogP contribution in [0.2, 0.25) is 10.0 Å². The third kappa shape index (κ3) is 3.55. The average molecular weight is 317 g/mol. The summed E-state index contributed by atoms with van der Waals surface area (Å²) in [5.74, 6) is 0.816. The maximum atomic E-state index is 10.7. The molecule has 6 heteroatoms. The molecule has 1 aromatic rings. The number of nitrogens with one attached hydrogen (secondary N) is 1. The van der Waals surface area contributed by atoms with Crippen molar-refractivity contribution in [2.75, 3.05) is 5.32 Å². The fourth-order valence-corrected chi connectivity index (χ4v) is 3.31. The topological polar surface area (TPSA) is 55.2 Å². The molecule has 0 aromatic heterocycles. The number of hydrogen-bond donors (Lipinski definition) is 1. The molecule has 1 N–H and O–H groups in total. The second-order valence-corrected chi connectivity index (χ2v) is 6.13. The van der Waals surface area contributed by atoms with E-state index in [9.17, 15) is 10.1 Å². The molecule has 4 nitrogen and oxygen atoms in total. The molecule has 110 valence electrons. The molecule has 20 heavy (non-hydrogen) atoms. The van der Waals surface area contributed by atoms with Gasteiger partial charge in [0, 0.05) is 18.2 Å². The summed E-state index contributed by atoms with van der Waals surface area (Å²) in [4.78, 5) is 10.3. The Morgan fingerprint density at radius 1 is 1.25 bits per heavy atom. The Balaban J connectivity index is 2.08. The highest BCUT2D eigenvalue weighted by Crippen LogP contribution is 2.37. The van der Waals surface area contributed by atoms with Crippen LogP contribution in [0.1, 0.15) is 39.0 Å². The summed E-state index contributed by atoms with van der Waals surface area (Å²) >= 11 is 12.2. The second-order valence-electron chi connectivity index (χ2n) is 5.31. The normalized spacial score (nSPS) is 22.6. The molecule has 1 aromatic carbocycles. The molecule has 2 rings (SSSR count). The SMILES string of the molecule is CCC1CCC(Nc2c(Cl)cc([N+](=O)[O-])cc2Cl)CC1. The molecule has 0 unspecified atom stereocenters. The van der Waals surface area contributed by atoms with Gasteiger partial charge in [-0.15, -0.1) is 0 Å². The van der Waals surface area contributed by atoms with E-state index in [4.69, 9.17) is 23.2 Å². The summed E-state index contributed by atoms with van der Waals surface area (Å²) in [5.41, 5.74) is 0.527. The molecule has 0 aliphatic heterocycles. The first-order chi connectivity index (χ1) is 9.51. The standard InChI is InChI=1S/C14H18Cl2N2O2/c1-2-9-3-5-10(6-4-9)17-14-12(15)7-11(18(19)20)8-13(14)16/h7-10,17H,2-6H2,1H3. The lowest BCUT2D eigenvalue weighted by atomic mass is 9.84. The van der Waals surface area contributed by atoms with Crippen molar-refractivity contribution in [3.63, 3.8) is 0 Å². The lowest BCUT2D eigenvalue weighted by Gasteiger charge is -2.29. The minimum absolute atomic E-state index is 0.0831. The highest BCUT2D eigenvalue weighted by Gasteiger charge is 2.22. The maximum absolute atomic E-state index is 10.7. The van der Waals surface area contributed by atoms with Gasteiger partial charge in [-0.1, -0.05) is 36.5 Å². The third-order valence-electron chi connectivity index (χ3n) is 4.01. The van der Waals surface area contributed by atoms with Crippen LogP contribution in [0, 0.1) is 16.0 Å². The first-order valence-electron chi connectivity index (χ1n) is 6.91. The number of non-ortho nitro benzene ring substituents is 1. The molecule has 1 fully saturated rings. The average Bonchev–Trinajstić information content (AvgIpc) is 2.43. The summed E-state index contributed by atoms with van der Waals surface area (Å²) in [6.07, 6.45) is 5.81. The first-order valence-corrected chi connectivity index (χ1v) is 7.66. The van der Waals surface area contributed by atoms with Crippen LogP contribution in [-0.2, 0) is 0 Å². The molecule has 0 amide bonds. The summed E-state index contributed by atoms with van der Waals surface area (Å²) in [7, 11) is 0. The molecule has 0 radical (unpaired) electrons. The minimum Gasteiger partial charge on any atom is -0.380 e. The van der Waals surface area contributed by atoms with E-state index in [1.54, 1.807) is 0 Å². The van der Waals surface area contributed by atoms with E-state index in [-0.39, 0.29) is 5.69 Å². The van der Waals surface area contributed by atoms with E-state index < -0.39 is 4.92 Å². The number of hydrogen-bond acceptors (Lipinski definition) is 3. The summed E-state index contributed by atoms with van der Waals surface area (Å²) in [5, 5.41) is 14.7. The van der Waals surface area contributed by atoms with Gasteiger partial charge >= 0.3 is 0 Å². The molecule has 0 saturated heterocycles. The Labute approximate surface area is 128 Å². The first kappa shape index (κ1) is 15.4. The Morgan fingerprint density at radius 2 is 1.80 bits per heavy atom. The van der Waals surface area contributed by atoms with Crippen molar-refractivity contribution in [2.45, 2.75) is 45.1 Å². The van der Waals surface area contributed by atoms with Gasteiger partial charge in [-0.25, -0.2) is 0 Å². The van der Waals surface area contributed by atoms with Crippen molar-refractivity contribution >= 4 is 34.6 Å². The van der Waals surface area contributed by atoms with Crippen molar-refractivity contribution < 1.29 is 4.92 Å². The van der Waals surface area contributed by atoms with Crippen LogP contribution in [-0.4, -0.2) is 11.0 Å². The van der Waals surface area contributed by atoms with Crippen molar-refractivity contribution in [1.29, 1.82) is 0 Å². The minimum atomic E-state index is -0.492. The van der Waals surface area contributed by atoms with E-state index >= 15 is 0 Å². The molecule has 0 atom stereocenters. The van der Waals surface area contributed by atoms with Crippen molar-refractivity contribution in [1.82, 2.24) is 0 Å². The predicted octanol–water partition coefficient (Wildman–Crippen LogP) is 5.28. The van der Waals surface area contributed by atoms with E-state index in [2.05, 4.69) is 12.2 Å². The van der Waals surface area contributed by atoms with Gasteiger partial charge in [-0.2, -0.15) is 0 Å². The highest BCUT2D eigenvalue weighted by molar-refractivity contribution is 6.39. The number of nitrogens with zero attached hydrogens (tertiary/aromatic N) is 1. The Morgan fingerprint density at radius 3 is 2.25 bits per heavy atom. The van der Waals surface area contributed by atoms with Gasteiger partial charge in [0.2, 0.25) is 0 Å². The van der Waals surface area contributed by atoms with Crippen LogP contribution in [0.5, 0.6) is 0 Å². The van der Waals surface area contributed by atoms with Gasteiger partial charge in [-0.05, 0) is 31.6 Å². The molecule has 0 heterocycles. The molecule has 1 aliphatic rings. The smallest absolute Gasteiger partial charge is 0.272 e. The summed E-state index contributed by atoms with van der Waals surface area (Å²) in [6, 6.07) is 3.02. The Hall–Kier alpha value is -1.00. The van der Waals surface area contributed by atoms with Gasteiger partial charge in [0.1, 0.15) is 0 Å². The van der Waals surface area contributed by atoms with E-state index in [0.717, 1.165) is 18.8 Å². The Kier molecular flexibility index (Phi) is 5.11. The predicted molar refractivity (Wildman–Crippen MR) is 82.8 cm³/mol. The molecule has 0 bridgehead atoms. The molecular formula is C14H18Cl2N2O2. The zero-order chi connectivity index (χ0) is 14.7. The van der Waals surface area contributed by atoms with Gasteiger partial charge in [0.25, 0.3) is 5.69 Å². The monoisotopic (exact) mass is 316 g/mol. The number of nitro benzene ring substituents is 1. The van der Waals surface area contributed by atoms with Gasteiger partial charge in [0.15, 0.2) is 0 Å². The molecule has 0 spiro atoms. The fraction of sp³-hybridized carbons (Fsp3) is 0.571. The van der Waals surface area contributed by atoms with Crippen LogP contribution in [0.25, 0.3) is 0 Å². The second kappa shape index (κ2) is 6.64. The van der Waals surface area contributed by atoms with Gasteiger partial charge in [0.05, 0.1) is 20.7 Å².